The molecule has 0 radical (unpaired) electrons. The fraction of sp³-hybridized carbons (Fsp3) is 0.364. The van der Waals surface area contributed by atoms with Crippen LogP contribution in [-0.2, 0) is 11.3 Å². The van der Waals surface area contributed by atoms with Crippen molar-refractivity contribution >= 4 is 52.4 Å². The molecular formula is C22H23Cl2N5O3S. The van der Waals surface area contributed by atoms with Gasteiger partial charge in [-0.2, -0.15) is 0 Å². The molecule has 1 aliphatic heterocycles. The van der Waals surface area contributed by atoms with Crippen LogP contribution in [0.4, 0.5) is 10.6 Å². The number of benzene rings is 1. The topological polar surface area (TPSA) is 91.4 Å². The fourth-order valence-electron chi connectivity index (χ4n) is 3.76. The number of rotatable bonds is 6. The Kier molecular flexibility index (Phi) is 7.52. The summed E-state index contributed by atoms with van der Waals surface area (Å²) in [7, 11) is 0. The highest BCUT2D eigenvalue weighted by Crippen LogP contribution is 2.31. The molecular weight excluding hydrogens is 485 g/mol. The van der Waals surface area contributed by atoms with Gasteiger partial charge in [-0.3, -0.25) is 9.69 Å². The Morgan fingerprint density at radius 2 is 1.97 bits per heavy atom. The van der Waals surface area contributed by atoms with Crippen molar-refractivity contribution in [1.29, 1.82) is 0 Å². The number of amides is 2. The van der Waals surface area contributed by atoms with E-state index in [9.17, 15) is 9.59 Å². The van der Waals surface area contributed by atoms with Crippen LogP contribution in [0.3, 0.4) is 0 Å². The number of hydrogen-bond acceptors (Lipinski definition) is 6. The number of hydrogen-bond donors (Lipinski definition) is 1. The predicted octanol–water partition coefficient (Wildman–Crippen LogP) is 5.36. The number of carbonyl (C=O) groups is 2. The van der Waals surface area contributed by atoms with Gasteiger partial charge in [-0.05, 0) is 43.5 Å². The quantitative estimate of drug-likeness (QED) is 0.484. The number of nitrogens with one attached hydrogen (secondary N) is 1. The van der Waals surface area contributed by atoms with E-state index in [1.165, 1.54) is 11.3 Å². The highest BCUT2D eigenvalue weighted by molar-refractivity contribution is 7.10. The van der Waals surface area contributed by atoms with Crippen LogP contribution < -0.4 is 4.90 Å². The lowest BCUT2D eigenvalue weighted by molar-refractivity contribution is 0.0870. The molecule has 1 aromatic carbocycles. The van der Waals surface area contributed by atoms with Gasteiger partial charge in [-0.15, -0.1) is 11.3 Å². The number of ether oxygens (including phenoxy) is 1. The lowest BCUT2D eigenvalue weighted by Crippen LogP contribution is -2.38. The van der Waals surface area contributed by atoms with Gasteiger partial charge in [0.15, 0.2) is 5.82 Å². The number of imidazole rings is 1. The predicted molar refractivity (Wildman–Crippen MR) is 128 cm³/mol. The molecule has 3 aromatic rings. The summed E-state index contributed by atoms with van der Waals surface area (Å²) < 4.78 is 5.43. The second kappa shape index (κ2) is 10.5. The van der Waals surface area contributed by atoms with Crippen LogP contribution in [0.25, 0.3) is 0 Å². The van der Waals surface area contributed by atoms with E-state index in [1.54, 1.807) is 45.9 Å². The molecule has 0 aliphatic carbocycles. The SMILES string of the molecule is CCN(C(=O)c1csc(C2CCN(C(=O)OCc3cc(Cl)cc(Cl)c3)CC2)n1)c1c[nH]cn1. The first-order valence-corrected chi connectivity index (χ1v) is 12.2. The lowest BCUT2D eigenvalue weighted by atomic mass is 9.98. The molecule has 0 bridgehead atoms. The summed E-state index contributed by atoms with van der Waals surface area (Å²) in [5.41, 5.74) is 1.16. The van der Waals surface area contributed by atoms with Gasteiger partial charge in [-0.1, -0.05) is 23.2 Å². The van der Waals surface area contributed by atoms with Crippen LogP contribution in [0.1, 0.15) is 46.7 Å². The number of H-pyrrole nitrogens is 1. The zero-order chi connectivity index (χ0) is 23.4. The molecule has 1 aliphatic rings. The third kappa shape index (κ3) is 5.66. The summed E-state index contributed by atoms with van der Waals surface area (Å²) in [5, 5.41) is 3.71. The molecule has 2 amide bonds. The van der Waals surface area contributed by atoms with Crippen molar-refractivity contribution in [1.82, 2.24) is 19.9 Å². The first kappa shape index (κ1) is 23.5. The number of thiazole rings is 1. The number of aromatic amines is 1. The summed E-state index contributed by atoms with van der Waals surface area (Å²) in [6.45, 7) is 3.64. The molecule has 33 heavy (non-hydrogen) atoms. The molecule has 1 fully saturated rings. The average Bonchev–Trinajstić information content (AvgIpc) is 3.50. The molecule has 1 N–H and O–H groups in total. The zero-order valence-electron chi connectivity index (χ0n) is 18.0. The maximum atomic E-state index is 12.9. The smallest absolute Gasteiger partial charge is 0.410 e. The van der Waals surface area contributed by atoms with Crippen LogP contribution in [0.5, 0.6) is 0 Å². The molecule has 174 valence electrons. The molecule has 8 nitrogen and oxygen atoms in total. The van der Waals surface area contributed by atoms with Gasteiger partial charge < -0.3 is 14.6 Å². The van der Waals surface area contributed by atoms with Crippen molar-refractivity contribution in [2.75, 3.05) is 24.5 Å². The maximum absolute atomic E-state index is 12.9. The number of piperidine rings is 1. The van der Waals surface area contributed by atoms with Crippen molar-refractivity contribution in [2.45, 2.75) is 32.3 Å². The van der Waals surface area contributed by atoms with Gasteiger partial charge >= 0.3 is 6.09 Å². The Balaban J connectivity index is 1.30. The van der Waals surface area contributed by atoms with E-state index in [2.05, 4.69) is 15.0 Å². The van der Waals surface area contributed by atoms with Crippen LogP contribution in [0, 0.1) is 0 Å². The Bertz CT molecular complexity index is 1090. The Labute approximate surface area is 205 Å². The lowest BCUT2D eigenvalue weighted by Gasteiger charge is -2.30. The summed E-state index contributed by atoms with van der Waals surface area (Å²) in [6, 6.07) is 5.08. The van der Waals surface area contributed by atoms with Crippen molar-refractivity contribution in [3.63, 3.8) is 0 Å². The Hall–Kier alpha value is -2.62. The third-order valence-electron chi connectivity index (χ3n) is 5.45. The molecule has 2 aromatic heterocycles. The fourth-order valence-corrected chi connectivity index (χ4v) is 5.30. The molecule has 0 spiro atoms. The minimum atomic E-state index is -0.364. The van der Waals surface area contributed by atoms with E-state index in [1.807, 2.05) is 6.92 Å². The largest absolute Gasteiger partial charge is 0.445 e. The molecule has 0 atom stereocenters. The summed E-state index contributed by atoms with van der Waals surface area (Å²) in [6.07, 6.45) is 4.38. The number of anilines is 1. The van der Waals surface area contributed by atoms with E-state index in [4.69, 9.17) is 27.9 Å². The second-order valence-electron chi connectivity index (χ2n) is 7.64. The van der Waals surface area contributed by atoms with Gasteiger partial charge in [0, 0.05) is 47.2 Å². The summed E-state index contributed by atoms with van der Waals surface area (Å²) in [4.78, 5) is 40.2. The second-order valence-corrected chi connectivity index (χ2v) is 9.40. The first-order chi connectivity index (χ1) is 15.9. The number of nitrogens with zero attached hydrogens (tertiary/aromatic N) is 4. The number of carbonyl (C=O) groups excluding carboxylic acids is 2. The number of likely N-dealkylation sites (tertiary alicyclic amines) is 1. The van der Waals surface area contributed by atoms with Crippen molar-refractivity contribution in [3.8, 4) is 0 Å². The molecule has 1 saturated heterocycles. The van der Waals surface area contributed by atoms with E-state index in [0.717, 1.165) is 23.4 Å². The highest BCUT2D eigenvalue weighted by Gasteiger charge is 2.28. The maximum Gasteiger partial charge on any atom is 0.410 e. The zero-order valence-corrected chi connectivity index (χ0v) is 20.3. The van der Waals surface area contributed by atoms with E-state index >= 15 is 0 Å². The Morgan fingerprint density at radius 3 is 2.61 bits per heavy atom. The van der Waals surface area contributed by atoms with Crippen molar-refractivity contribution in [3.05, 3.63) is 62.4 Å². The molecule has 3 heterocycles. The van der Waals surface area contributed by atoms with Gasteiger partial charge in [0.25, 0.3) is 5.91 Å². The Morgan fingerprint density at radius 1 is 1.24 bits per heavy atom. The molecule has 0 unspecified atom stereocenters. The molecule has 4 rings (SSSR count). The van der Waals surface area contributed by atoms with Crippen LogP contribution >= 0.6 is 34.5 Å². The van der Waals surface area contributed by atoms with Crippen LogP contribution in [0.15, 0.2) is 36.1 Å². The molecule has 0 saturated carbocycles. The van der Waals surface area contributed by atoms with Gasteiger partial charge in [0.2, 0.25) is 0 Å². The van der Waals surface area contributed by atoms with E-state index < -0.39 is 0 Å². The van der Waals surface area contributed by atoms with Gasteiger partial charge in [0.05, 0.1) is 11.3 Å². The number of aromatic nitrogens is 3. The standard InChI is InChI=1S/C22H23Cl2N5O3S/c1-2-29(19-10-25-13-26-19)21(30)18-12-33-20(27-18)15-3-5-28(6-4-15)22(31)32-11-14-7-16(23)9-17(24)8-14/h7-10,12-13,15H,2-6,11H2,1H3,(H,25,26). The van der Waals surface area contributed by atoms with Crippen LogP contribution in [0.2, 0.25) is 10.0 Å². The first-order valence-electron chi connectivity index (χ1n) is 10.6. The monoisotopic (exact) mass is 507 g/mol. The third-order valence-corrected chi connectivity index (χ3v) is 6.89. The minimum Gasteiger partial charge on any atom is -0.445 e. The van der Waals surface area contributed by atoms with Gasteiger partial charge in [-0.25, -0.2) is 14.8 Å². The number of halogens is 2. The summed E-state index contributed by atoms with van der Waals surface area (Å²) >= 11 is 13.5. The highest BCUT2D eigenvalue weighted by atomic mass is 35.5. The minimum absolute atomic E-state index is 0.112. The van der Waals surface area contributed by atoms with Crippen molar-refractivity contribution in [2.24, 2.45) is 0 Å². The molecule has 11 heteroatoms. The van der Waals surface area contributed by atoms with Crippen molar-refractivity contribution < 1.29 is 14.3 Å². The van der Waals surface area contributed by atoms with E-state index in [-0.39, 0.29) is 24.5 Å². The average molecular weight is 508 g/mol. The van der Waals surface area contributed by atoms with E-state index in [0.29, 0.717) is 41.2 Å². The van der Waals surface area contributed by atoms with Gasteiger partial charge in [0.1, 0.15) is 12.3 Å². The normalized spacial score (nSPS) is 14.3. The van der Waals surface area contributed by atoms with Crippen LogP contribution in [-0.4, -0.2) is 51.5 Å². The summed E-state index contributed by atoms with van der Waals surface area (Å²) in [5.74, 6) is 0.603.